The van der Waals surface area contributed by atoms with Crippen LogP contribution in [0.25, 0.3) is 0 Å². The van der Waals surface area contributed by atoms with Crippen molar-refractivity contribution in [3.8, 4) is 0 Å². The van der Waals surface area contributed by atoms with E-state index in [4.69, 9.17) is 28.9 Å². The molecule has 0 aromatic carbocycles. The van der Waals surface area contributed by atoms with Crippen LogP contribution in [0.1, 0.15) is 12.6 Å². The molecule has 0 amide bonds. The average molecular weight is 488 g/mol. The molecule has 1 aromatic heterocycles. The van der Waals surface area contributed by atoms with Crippen molar-refractivity contribution in [3.05, 3.63) is 33.1 Å². The Kier molecular flexibility index (Phi) is 7.27. The van der Waals surface area contributed by atoms with Gasteiger partial charge in [-0.2, -0.15) is 15.3 Å². The summed E-state index contributed by atoms with van der Waals surface area (Å²) in [4.78, 5) is 36.0. The molecule has 1 saturated heterocycles. The van der Waals surface area contributed by atoms with Gasteiger partial charge in [0, 0.05) is 39.5 Å². The van der Waals surface area contributed by atoms with Crippen LogP contribution in [0.4, 0.5) is 0 Å². The molecular weight excluding hydrogens is 464 g/mol. The second kappa shape index (κ2) is 9.08. The van der Waals surface area contributed by atoms with Gasteiger partial charge < -0.3 is 18.5 Å². The molecule has 30 heavy (non-hydrogen) atoms. The average Bonchev–Trinajstić information content (AvgIpc) is 3.44. The van der Waals surface area contributed by atoms with Crippen molar-refractivity contribution in [1.82, 2.24) is 9.55 Å². The fourth-order valence-electron chi connectivity index (χ4n) is 3.68. The third kappa shape index (κ3) is 4.59. The zero-order valence-corrected chi connectivity index (χ0v) is 19.0. The molecule has 4 N–H and O–H groups in total. The van der Waals surface area contributed by atoms with E-state index in [9.17, 15) is 19.0 Å². The van der Waals surface area contributed by atoms with E-state index in [0.717, 1.165) is 10.6 Å². The summed E-state index contributed by atoms with van der Waals surface area (Å²) in [7, 11) is -3.22. The molecule has 2 heterocycles. The Morgan fingerprint density at radius 2 is 2.00 bits per heavy atom. The minimum absolute atomic E-state index is 0.368. The van der Waals surface area contributed by atoms with Crippen LogP contribution in [-0.2, 0) is 32.2 Å². The molecule has 2 aliphatic rings. The van der Waals surface area contributed by atoms with Crippen molar-refractivity contribution >= 4 is 27.0 Å². The van der Waals surface area contributed by atoms with Crippen LogP contribution in [0.5, 0.6) is 0 Å². The number of ether oxygens (including phenoxy) is 2. The standard InChI is InChI=1S/C14H23N3O10P2S/c1-22-12-11(26-29(21,30)27-15)10(7-6-8(7)28(20,23-2)24-3)25-13(12)17-5-4-9(18)16-14(17)19/h4-5,7-8,10-13,21,30H,6,15H2,1-3H3/p+1. The molecular formula is C14H24N3O10P2S+. The Bertz CT molecular complexity index is 918. The first-order valence-electron chi connectivity index (χ1n) is 8.73. The quantitative estimate of drug-likeness (QED) is 0.212. The number of hydrogen-bond acceptors (Lipinski definition) is 12. The number of H-pyrrole nitrogens is 1. The van der Waals surface area contributed by atoms with Gasteiger partial charge in [-0.1, -0.05) is 4.62 Å². The molecule has 1 aliphatic heterocycles. The van der Waals surface area contributed by atoms with Gasteiger partial charge in [0.1, 0.15) is 6.10 Å². The van der Waals surface area contributed by atoms with Crippen molar-refractivity contribution in [2.75, 3.05) is 21.3 Å². The summed E-state index contributed by atoms with van der Waals surface area (Å²) in [5.41, 5.74) is -1.80. The van der Waals surface area contributed by atoms with Gasteiger partial charge in [0.05, 0.1) is 24.0 Å². The zero-order chi connectivity index (χ0) is 22.3. The smallest absolute Gasteiger partial charge is 0.374 e. The molecule has 1 saturated carbocycles. The maximum Gasteiger partial charge on any atom is 0.494 e. The first-order valence-corrected chi connectivity index (χ1v) is 13.1. The molecule has 1 aliphatic carbocycles. The molecule has 7 atom stereocenters. The van der Waals surface area contributed by atoms with Gasteiger partial charge in [-0.05, 0) is 6.42 Å². The third-order valence-electron chi connectivity index (χ3n) is 5.16. The van der Waals surface area contributed by atoms with E-state index in [0.29, 0.717) is 6.42 Å². The van der Waals surface area contributed by atoms with E-state index in [2.05, 4.69) is 21.9 Å². The lowest BCUT2D eigenvalue weighted by atomic mass is 10.1. The lowest BCUT2D eigenvalue weighted by Crippen LogP contribution is -2.40. The number of methoxy groups -OCH3 is 1. The summed E-state index contributed by atoms with van der Waals surface area (Å²) in [5.74, 6) is 4.70. The van der Waals surface area contributed by atoms with Crippen molar-refractivity contribution in [2.45, 2.75) is 36.6 Å². The normalized spacial score (nSPS) is 33.4. The second-order valence-corrected chi connectivity index (χ2v) is 12.1. The van der Waals surface area contributed by atoms with Gasteiger partial charge in [-0.25, -0.2) is 4.79 Å². The number of nitrogens with zero attached hydrogens (tertiary/aromatic N) is 1. The Morgan fingerprint density at radius 3 is 2.53 bits per heavy atom. The SMILES string of the molecule is COC1C(O[P+](O)(S)ON)C(C2CC2P(=O)(OC)OC)OC1n1ccc(=O)[nH]c1=O. The van der Waals surface area contributed by atoms with E-state index in [1.165, 1.54) is 27.5 Å². The van der Waals surface area contributed by atoms with E-state index >= 15 is 0 Å². The fourth-order valence-corrected chi connectivity index (χ4v) is 6.44. The van der Waals surface area contributed by atoms with Gasteiger partial charge in [0.15, 0.2) is 12.3 Å². The Morgan fingerprint density at radius 1 is 1.33 bits per heavy atom. The Balaban J connectivity index is 1.96. The molecule has 0 bridgehead atoms. The van der Waals surface area contributed by atoms with Crippen LogP contribution in [0, 0.1) is 5.92 Å². The highest BCUT2D eigenvalue weighted by atomic mass is 32.7. The van der Waals surface area contributed by atoms with Crippen LogP contribution < -0.4 is 17.1 Å². The largest absolute Gasteiger partial charge is 0.494 e. The molecule has 3 rings (SSSR count). The first-order chi connectivity index (χ1) is 14.1. The predicted octanol–water partition coefficient (Wildman–Crippen LogP) is 0.199. The van der Waals surface area contributed by atoms with E-state index < -0.39 is 56.2 Å². The molecule has 1 aromatic rings. The molecule has 16 heteroatoms. The minimum Gasteiger partial charge on any atom is -0.374 e. The lowest BCUT2D eigenvalue weighted by molar-refractivity contribution is -0.0571. The molecule has 0 radical (unpaired) electrons. The highest BCUT2D eigenvalue weighted by molar-refractivity contribution is 8.47. The summed E-state index contributed by atoms with van der Waals surface area (Å²) in [6.45, 7) is 0. The number of aromatic nitrogens is 2. The van der Waals surface area contributed by atoms with E-state index in [1.54, 1.807) is 0 Å². The highest BCUT2D eigenvalue weighted by Gasteiger charge is 2.64. The number of aromatic amines is 1. The van der Waals surface area contributed by atoms with E-state index in [-0.39, 0.29) is 5.92 Å². The van der Waals surface area contributed by atoms with Gasteiger partial charge in [0.2, 0.25) is 0 Å². The van der Waals surface area contributed by atoms with Crippen LogP contribution in [0.15, 0.2) is 21.9 Å². The van der Waals surface area contributed by atoms with Crippen LogP contribution in [0.3, 0.4) is 0 Å². The summed E-state index contributed by atoms with van der Waals surface area (Å²) < 4.78 is 45.6. The third-order valence-corrected chi connectivity index (χ3v) is 8.94. The first kappa shape index (κ1) is 24.0. The summed E-state index contributed by atoms with van der Waals surface area (Å²) in [5, 5.41) is 0. The maximum absolute atomic E-state index is 12.8. The Hall–Kier alpha value is -0.630. The van der Waals surface area contributed by atoms with Crippen molar-refractivity contribution in [2.24, 2.45) is 11.8 Å². The van der Waals surface area contributed by atoms with Crippen molar-refractivity contribution in [3.63, 3.8) is 0 Å². The summed E-state index contributed by atoms with van der Waals surface area (Å²) in [6.07, 6.45) is -2.12. The predicted molar refractivity (Wildman–Crippen MR) is 108 cm³/mol. The highest BCUT2D eigenvalue weighted by Crippen LogP contribution is 2.68. The van der Waals surface area contributed by atoms with Gasteiger partial charge in [-0.3, -0.25) is 18.9 Å². The monoisotopic (exact) mass is 488 g/mol. The molecule has 0 spiro atoms. The number of thiol groups is 1. The lowest BCUT2D eigenvalue weighted by Gasteiger charge is -2.23. The molecule has 7 unspecified atom stereocenters. The van der Waals surface area contributed by atoms with Gasteiger partial charge >= 0.3 is 20.4 Å². The fraction of sp³-hybridized carbons (Fsp3) is 0.714. The van der Waals surface area contributed by atoms with Crippen molar-refractivity contribution in [1.29, 1.82) is 0 Å². The van der Waals surface area contributed by atoms with Crippen LogP contribution in [-0.4, -0.2) is 59.7 Å². The van der Waals surface area contributed by atoms with Crippen LogP contribution in [0.2, 0.25) is 0 Å². The number of nitrogens with one attached hydrogen (secondary N) is 1. The summed E-state index contributed by atoms with van der Waals surface area (Å²) in [6, 6.07) is 1.15. The maximum atomic E-state index is 12.8. The molecule has 170 valence electrons. The number of nitrogens with two attached hydrogens (primary N) is 1. The minimum atomic E-state index is -3.75. The number of rotatable bonds is 9. The molecule has 2 fully saturated rings. The van der Waals surface area contributed by atoms with E-state index in [1.807, 2.05) is 0 Å². The van der Waals surface area contributed by atoms with Crippen LogP contribution >= 0.6 is 27.0 Å². The second-order valence-electron chi connectivity index (χ2n) is 6.75. The topological polar surface area (TPSA) is 174 Å². The van der Waals surface area contributed by atoms with Gasteiger partial charge in [-0.15, -0.1) is 0 Å². The number of hydrogen-bond donors (Lipinski definition) is 4. The van der Waals surface area contributed by atoms with Crippen molar-refractivity contribution < 1.29 is 37.1 Å². The van der Waals surface area contributed by atoms with Gasteiger partial charge in [0.25, 0.3) is 5.56 Å². The Labute approximate surface area is 177 Å². The molecule has 13 nitrogen and oxygen atoms in total. The summed E-state index contributed by atoms with van der Waals surface area (Å²) >= 11 is 3.90. The zero-order valence-electron chi connectivity index (χ0n) is 16.3.